The smallest absolute Gasteiger partial charge is 0.135 e. The van der Waals surface area contributed by atoms with Gasteiger partial charge in [-0.15, -0.1) is 0 Å². The SMILES string of the molecule is CCCCC(CC)CNc1ccc(Br)c(OC)c1. The van der Waals surface area contributed by atoms with Gasteiger partial charge in [0.05, 0.1) is 11.6 Å². The number of unbranched alkanes of at least 4 members (excludes halogenated alkanes) is 1. The molecular weight excluding hydrogens is 290 g/mol. The molecule has 18 heavy (non-hydrogen) atoms. The van der Waals surface area contributed by atoms with E-state index in [0.29, 0.717) is 0 Å². The first-order chi connectivity index (χ1) is 8.71. The molecule has 0 amide bonds. The average molecular weight is 314 g/mol. The van der Waals surface area contributed by atoms with Gasteiger partial charge < -0.3 is 10.1 Å². The molecule has 0 heterocycles. The Morgan fingerprint density at radius 3 is 2.72 bits per heavy atom. The second-order valence-electron chi connectivity index (χ2n) is 4.65. The van der Waals surface area contributed by atoms with E-state index in [1.54, 1.807) is 7.11 Å². The van der Waals surface area contributed by atoms with E-state index in [4.69, 9.17) is 4.74 Å². The number of hydrogen-bond acceptors (Lipinski definition) is 2. The number of benzene rings is 1. The lowest BCUT2D eigenvalue weighted by Gasteiger charge is -2.16. The van der Waals surface area contributed by atoms with E-state index in [2.05, 4.69) is 41.2 Å². The van der Waals surface area contributed by atoms with Crippen LogP contribution in [0.2, 0.25) is 0 Å². The van der Waals surface area contributed by atoms with E-state index in [9.17, 15) is 0 Å². The molecule has 0 fully saturated rings. The summed E-state index contributed by atoms with van der Waals surface area (Å²) >= 11 is 3.47. The highest BCUT2D eigenvalue weighted by atomic mass is 79.9. The fourth-order valence-electron chi connectivity index (χ4n) is 1.98. The third-order valence-corrected chi connectivity index (χ3v) is 3.94. The Bertz CT molecular complexity index is 354. The van der Waals surface area contributed by atoms with Crippen LogP contribution < -0.4 is 10.1 Å². The van der Waals surface area contributed by atoms with Crippen LogP contribution in [-0.4, -0.2) is 13.7 Å². The van der Waals surface area contributed by atoms with Crippen LogP contribution in [-0.2, 0) is 0 Å². The van der Waals surface area contributed by atoms with Crippen LogP contribution in [0.5, 0.6) is 5.75 Å². The third-order valence-electron chi connectivity index (χ3n) is 3.29. The lowest BCUT2D eigenvalue weighted by Crippen LogP contribution is -2.13. The third kappa shape index (κ3) is 4.89. The number of ether oxygens (including phenoxy) is 1. The minimum atomic E-state index is 0.764. The van der Waals surface area contributed by atoms with Gasteiger partial charge in [0, 0.05) is 18.3 Å². The fourth-order valence-corrected chi connectivity index (χ4v) is 2.38. The summed E-state index contributed by atoms with van der Waals surface area (Å²) in [6.07, 6.45) is 5.15. The van der Waals surface area contributed by atoms with Gasteiger partial charge in [0.1, 0.15) is 5.75 Å². The Morgan fingerprint density at radius 1 is 1.33 bits per heavy atom. The molecule has 0 bridgehead atoms. The van der Waals surface area contributed by atoms with Gasteiger partial charge in [0.25, 0.3) is 0 Å². The molecule has 1 aromatic carbocycles. The van der Waals surface area contributed by atoms with Gasteiger partial charge in [-0.05, 0) is 40.4 Å². The Hall–Kier alpha value is -0.700. The molecule has 1 rings (SSSR count). The largest absolute Gasteiger partial charge is 0.495 e. The normalized spacial score (nSPS) is 12.2. The van der Waals surface area contributed by atoms with Crippen molar-refractivity contribution < 1.29 is 4.74 Å². The molecule has 3 heteroatoms. The maximum atomic E-state index is 5.30. The molecule has 0 aromatic heterocycles. The zero-order valence-corrected chi connectivity index (χ0v) is 13.2. The highest BCUT2D eigenvalue weighted by molar-refractivity contribution is 9.10. The van der Waals surface area contributed by atoms with Gasteiger partial charge in [0.2, 0.25) is 0 Å². The van der Waals surface area contributed by atoms with Crippen LogP contribution >= 0.6 is 15.9 Å². The number of methoxy groups -OCH3 is 1. The van der Waals surface area contributed by atoms with Crippen molar-refractivity contribution in [3.63, 3.8) is 0 Å². The Labute approximate surface area is 119 Å². The lowest BCUT2D eigenvalue weighted by molar-refractivity contribution is 0.412. The predicted molar refractivity (Wildman–Crippen MR) is 82.5 cm³/mol. The number of nitrogens with one attached hydrogen (secondary N) is 1. The van der Waals surface area contributed by atoms with E-state index in [-0.39, 0.29) is 0 Å². The van der Waals surface area contributed by atoms with Crippen LogP contribution in [0.1, 0.15) is 39.5 Å². The molecule has 0 aliphatic carbocycles. The van der Waals surface area contributed by atoms with Crippen LogP contribution in [0.25, 0.3) is 0 Å². The van der Waals surface area contributed by atoms with Crippen molar-refractivity contribution in [2.24, 2.45) is 5.92 Å². The van der Waals surface area contributed by atoms with Crippen molar-refractivity contribution in [2.45, 2.75) is 39.5 Å². The standard InChI is InChI=1S/C15H24BrNO/c1-4-6-7-12(5-2)11-17-13-8-9-14(16)15(10-13)18-3/h8-10,12,17H,4-7,11H2,1-3H3. The molecule has 1 unspecified atom stereocenters. The van der Waals surface area contributed by atoms with Gasteiger partial charge >= 0.3 is 0 Å². The molecule has 0 saturated carbocycles. The molecule has 0 aliphatic heterocycles. The van der Waals surface area contributed by atoms with E-state index in [1.165, 1.54) is 25.7 Å². The first-order valence-electron chi connectivity index (χ1n) is 6.78. The highest BCUT2D eigenvalue weighted by Crippen LogP contribution is 2.28. The molecule has 1 aromatic rings. The second-order valence-corrected chi connectivity index (χ2v) is 5.50. The van der Waals surface area contributed by atoms with Crippen LogP contribution in [0.3, 0.4) is 0 Å². The first-order valence-corrected chi connectivity index (χ1v) is 7.57. The predicted octanol–water partition coefficient (Wildman–Crippen LogP) is 5.09. The van der Waals surface area contributed by atoms with Crippen LogP contribution in [0.4, 0.5) is 5.69 Å². The maximum Gasteiger partial charge on any atom is 0.135 e. The van der Waals surface area contributed by atoms with Crippen molar-refractivity contribution in [2.75, 3.05) is 19.0 Å². The molecule has 2 nitrogen and oxygen atoms in total. The molecule has 1 atom stereocenters. The molecular formula is C15H24BrNO. The summed E-state index contributed by atoms with van der Waals surface area (Å²) in [4.78, 5) is 0. The number of rotatable bonds is 8. The zero-order valence-electron chi connectivity index (χ0n) is 11.6. The minimum Gasteiger partial charge on any atom is -0.495 e. The van der Waals surface area contributed by atoms with Gasteiger partial charge in [0.15, 0.2) is 0 Å². The lowest BCUT2D eigenvalue weighted by atomic mass is 9.99. The van der Waals surface area contributed by atoms with Gasteiger partial charge in [-0.25, -0.2) is 0 Å². The van der Waals surface area contributed by atoms with Crippen molar-refractivity contribution >= 4 is 21.6 Å². The molecule has 0 aliphatic rings. The summed E-state index contributed by atoms with van der Waals surface area (Å²) < 4.78 is 6.29. The Balaban J connectivity index is 2.51. The molecule has 0 spiro atoms. The molecule has 1 N–H and O–H groups in total. The average Bonchev–Trinajstić information content (AvgIpc) is 2.40. The van der Waals surface area contributed by atoms with E-state index in [1.807, 2.05) is 12.1 Å². The van der Waals surface area contributed by atoms with Crippen molar-refractivity contribution in [1.82, 2.24) is 0 Å². The van der Waals surface area contributed by atoms with E-state index >= 15 is 0 Å². The second kappa shape index (κ2) is 8.41. The summed E-state index contributed by atoms with van der Waals surface area (Å²) in [6, 6.07) is 6.14. The van der Waals surface area contributed by atoms with Crippen molar-refractivity contribution in [1.29, 1.82) is 0 Å². The fraction of sp³-hybridized carbons (Fsp3) is 0.600. The molecule has 102 valence electrons. The van der Waals surface area contributed by atoms with Crippen molar-refractivity contribution in [3.05, 3.63) is 22.7 Å². The number of hydrogen-bond donors (Lipinski definition) is 1. The summed E-state index contributed by atoms with van der Waals surface area (Å²) in [7, 11) is 1.69. The Morgan fingerprint density at radius 2 is 2.11 bits per heavy atom. The van der Waals surface area contributed by atoms with E-state index < -0.39 is 0 Å². The maximum absolute atomic E-state index is 5.30. The molecule has 0 radical (unpaired) electrons. The van der Waals surface area contributed by atoms with Gasteiger partial charge in [-0.3, -0.25) is 0 Å². The Kier molecular flexibility index (Phi) is 7.18. The minimum absolute atomic E-state index is 0.764. The summed E-state index contributed by atoms with van der Waals surface area (Å²) in [5, 5.41) is 3.51. The van der Waals surface area contributed by atoms with Crippen LogP contribution in [0, 0.1) is 5.92 Å². The number of halogens is 1. The first kappa shape index (κ1) is 15.4. The molecule has 0 saturated heterocycles. The van der Waals surface area contributed by atoms with E-state index in [0.717, 1.165) is 28.4 Å². The van der Waals surface area contributed by atoms with Crippen molar-refractivity contribution in [3.8, 4) is 5.75 Å². The zero-order chi connectivity index (χ0) is 13.4. The van der Waals surface area contributed by atoms with Crippen LogP contribution in [0.15, 0.2) is 22.7 Å². The monoisotopic (exact) mass is 313 g/mol. The topological polar surface area (TPSA) is 21.3 Å². The van der Waals surface area contributed by atoms with Gasteiger partial charge in [-0.2, -0.15) is 0 Å². The number of anilines is 1. The van der Waals surface area contributed by atoms with Gasteiger partial charge in [-0.1, -0.05) is 33.1 Å². The summed E-state index contributed by atoms with van der Waals surface area (Å²) in [5.74, 6) is 1.64. The summed E-state index contributed by atoms with van der Waals surface area (Å²) in [6.45, 7) is 5.56. The quantitative estimate of drug-likeness (QED) is 0.722. The summed E-state index contributed by atoms with van der Waals surface area (Å²) in [5.41, 5.74) is 1.13. The highest BCUT2D eigenvalue weighted by Gasteiger charge is 2.06.